The molecule has 1 rings (SSSR count). The van der Waals surface area contributed by atoms with Gasteiger partial charge in [0, 0.05) is 19.2 Å². The molecule has 82 valence electrons. The van der Waals surface area contributed by atoms with Gasteiger partial charge in [-0.3, -0.25) is 4.79 Å². The number of likely N-dealkylation sites (N-methyl/N-ethyl adjacent to an activating group) is 1. The van der Waals surface area contributed by atoms with Gasteiger partial charge in [-0.2, -0.15) is 0 Å². The zero-order valence-electron chi connectivity index (χ0n) is 8.95. The van der Waals surface area contributed by atoms with Crippen molar-refractivity contribution in [2.45, 2.75) is 13.3 Å². The van der Waals surface area contributed by atoms with Crippen LogP contribution in [0.2, 0.25) is 0 Å². The average molecular weight is 209 g/mol. The minimum Gasteiger partial charge on any atom is -0.505 e. The molecule has 1 amide bonds. The van der Waals surface area contributed by atoms with Gasteiger partial charge in [0.15, 0.2) is 5.76 Å². The van der Waals surface area contributed by atoms with Crippen LogP contribution in [-0.4, -0.2) is 34.6 Å². The number of allylic oxidation sites excluding steroid dienone is 1. The van der Waals surface area contributed by atoms with Gasteiger partial charge < -0.3 is 15.1 Å². The van der Waals surface area contributed by atoms with E-state index in [1.807, 2.05) is 0 Å². The zero-order valence-corrected chi connectivity index (χ0v) is 8.95. The molecule has 0 unspecified atom stereocenters. The topological polar surface area (TPSA) is 60.8 Å². The molecule has 4 nitrogen and oxygen atoms in total. The van der Waals surface area contributed by atoms with Crippen molar-refractivity contribution in [3.63, 3.8) is 0 Å². The highest BCUT2D eigenvalue weighted by atomic mass is 16.3. The van der Waals surface area contributed by atoms with Gasteiger partial charge in [-0.15, -0.1) is 0 Å². The van der Waals surface area contributed by atoms with Gasteiger partial charge in [-0.05, 0) is 25.0 Å². The molecule has 0 aromatic carbocycles. The maximum absolute atomic E-state index is 11.6. The highest BCUT2D eigenvalue weighted by Gasteiger charge is 2.20. The lowest BCUT2D eigenvalue weighted by Gasteiger charge is -2.24. The van der Waals surface area contributed by atoms with E-state index in [0.717, 1.165) is 5.57 Å². The van der Waals surface area contributed by atoms with Crippen LogP contribution in [0.15, 0.2) is 35.3 Å². The van der Waals surface area contributed by atoms with Gasteiger partial charge >= 0.3 is 0 Å². The summed E-state index contributed by atoms with van der Waals surface area (Å²) in [6.45, 7) is 5.52. The average Bonchev–Trinajstić information content (AvgIpc) is 2.18. The Bertz CT molecular complexity index is 366. The lowest BCUT2D eigenvalue weighted by atomic mass is 10.00. The van der Waals surface area contributed by atoms with E-state index in [9.17, 15) is 9.90 Å². The molecule has 0 aromatic heterocycles. The van der Waals surface area contributed by atoms with E-state index in [-0.39, 0.29) is 17.4 Å². The molecule has 0 spiro atoms. The maximum Gasteiger partial charge on any atom is 0.249 e. The molecule has 0 atom stereocenters. The molecule has 1 aliphatic heterocycles. The van der Waals surface area contributed by atoms with Gasteiger partial charge in [0.1, 0.15) is 5.76 Å². The van der Waals surface area contributed by atoms with Crippen molar-refractivity contribution >= 4 is 5.91 Å². The monoisotopic (exact) mass is 209 g/mol. The van der Waals surface area contributed by atoms with Crippen LogP contribution >= 0.6 is 0 Å². The summed E-state index contributed by atoms with van der Waals surface area (Å²) >= 11 is 0. The quantitative estimate of drug-likeness (QED) is 0.537. The van der Waals surface area contributed by atoms with Crippen molar-refractivity contribution in [1.82, 2.24) is 4.90 Å². The molecule has 15 heavy (non-hydrogen) atoms. The third kappa shape index (κ3) is 2.40. The standard InChI is InChI=1S/C11H15NO3/c1-7-9(6-10(14)8(2)13)4-5-12(3)11(7)15/h6,13-14H,2,4-5H2,1,3H3/b10-6+. The van der Waals surface area contributed by atoms with Gasteiger partial charge in [0.05, 0.1) is 0 Å². The van der Waals surface area contributed by atoms with Crippen molar-refractivity contribution in [2.75, 3.05) is 13.6 Å². The largest absolute Gasteiger partial charge is 0.505 e. The maximum atomic E-state index is 11.6. The Morgan fingerprint density at radius 1 is 1.53 bits per heavy atom. The number of aliphatic hydroxyl groups is 2. The number of carbonyl (C=O) groups is 1. The van der Waals surface area contributed by atoms with Gasteiger partial charge in [-0.25, -0.2) is 0 Å². The summed E-state index contributed by atoms with van der Waals surface area (Å²) in [5.74, 6) is -0.729. The summed E-state index contributed by atoms with van der Waals surface area (Å²) in [6.07, 6.45) is 2.06. The number of amides is 1. The minimum atomic E-state index is -0.387. The van der Waals surface area contributed by atoms with Crippen LogP contribution in [0.4, 0.5) is 0 Å². The molecule has 4 heteroatoms. The Morgan fingerprint density at radius 2 is 2.13 bits per heavy atom. The fourth-order valence-corrected chi connectivity index (χ4v) is 1.43. The van der Waals surface area contributed by atoms with Gasteiger partial charge in [0.25, 0.3) is 0 Å². The normalized spacial score (nSPS) is 18.4. The van der Waals surface area contributed by atoms with E-state index >= 15 is 0 Å². The molecule has 0 aliphatic carbocycles. The van der Waals surface area contributed by atoms with Crippen LogP contribution in [0.25, 0.3) is 0 Å². The van der Waals surface area contributed by atoms with Crippen molar-refractivity contribution in [2.24, 2.45) is 0 Å². The van der Waals surface area contributed by atoms with Crippen LogP contribution < -0.4 is 0 Å². The minimum absolute atomic E-state index is 0.0520. The molecule has 0 aromatic rings. The number of rotatable bonds is 2. The number of aliphatic hydroxyl groups excluding tert-OH is 2. The number of hydrogen-bond acceptors (Lipinski definition) is 3. The lowest BCUT2D eigenvalue weighted by molar-refractivity contribution is -0.126. The predicted molar refractivity (Wildman–Crippen MR) is 57.4 cm³/mol. The molecule has 0 saturated heterocycles. The smallest absolute Gasteiger partial charge is 0.249 e. The second kappa shape index (κ2) is 4.21. The Kier molecular flexibility index (Phi) is 3.19. The fourth-order valence-electron chi connectivity index (χ4n) is 1.43. The SMILES string of the molecule is C=C(O)/C(O)=C\C1=C(C)C(=O)N(C)CC1. The summed E-state index contributed by atoms with van der Waals surface area (Å²) < 4.78 is 0. The van der Waals surface area contributed by atoms with E-state index in [2.05, 4.69) is 6.58 Å². The molecule has 0 bridgehead atoms. The summed E-state index contributed by atoms with van der Waals surface area (Å²) in [5, 5.41) is 18.2. The van der Waals surface area contributed by atoms with E-state index < -0.39 is 0 Å². The molecule has 0 saturated carbocycles. The Balaban J connectivity index is 3.01. The van der Waals surface area contributed by atoms with Gasteiger partial charge in [-0.1, -0.05) is 6.58 Å². The summed E-state index contributed by atoms with van der Waals surface area (Å²) in [4.78, 5) is 13.2. The van der Waals surface area contributed by atoms with Crippen molar-refractivity contribution < 1.29 is 15.0 Å². The second-order valence-corrected chi connectivity index (χ2v) is 3.60. The lowest BCUT2D eigenvalue weighted by Crippen LogP contribution is -2.32. The van der Waals surface area contributed by atoms with Crippen molar-refractivity contribution in [3.05, 3.63) is 35.3 Å². The van der Waals surface area contributed by atoms with Crippen molar-refractivity contribution in [1.29, 1.82) is 0 Å². The third-order valence-electron chi connectivity index (χ3n) is 2.47. The van der Waals surface area contributed by atoms with E-state index in [1.165, 1.54) is 6.08 Å². The summed E-state index contributed by atoms with van der Waals surface area (Å²) in [6, 6.07) is 0. The molecule has 0 radical (unpaired) electrons. The molecular formula is C11H15NO3. The highest BCUT2D eigenvalue weighted by molar-refractivity contribution is 5.94. The van der Waals surface area contributed by atoms with E-state index in [1.54, 1.807) is 18.9 Å². The van der Waals surface area contributed by atoms with E-state index in [4.69, 9.17) is 5.11 Å². The number of nitrogens with zero attached hydrogens (tertiary/aromatic N) is 1. The second-order valence-electron chi connectivity index (χ2n) is 3.60. The molecule has 1 heterocycles. The molecule has 2 N–H and O–H groups in total. The van der Waals surface area contributed by atoms with Crippen LogP contribution in [0.1, 0.15) is 13.3 Å². The Hall–Kier alpha value is -1.71. The summed E-state index contributed by atoms with van der Waals surface area (Å²) in [5.41, 5.74) is 1.34. The Morgan fingerprint density at radius 3 is 2.67 bits per heavy atom. The first-order valence-corrected chi connectivity index (χ1v) is 4.67. The van der Waals surface area contributed by atoms with Crippen LogP contribution in [0.3, 0.4) is 0 Å². The first-order valence-electron chi connectivity index (χ1n) is 4.67. The van der Waals surface area contributed by atoms with Crippen LogP contribution in [0, 0.1) is 0 Å². The van der Waals surface area contributed by atoms with Crippen LogP contribution in [-0.2, 0) is 4.79 Å². The molecular weight excluding hydrogens is 194 g/mol. The van der Waals surface area contributed by atoms with Crippen LogP contribution in [0.5, 0.6) is 0 Å². The highest BCUT2D eigenvalue weighted by Crippen LogP contribution is 2.20. The van der Waals surface area contributed by atoms with Gasteiger partial charge in [0.2, 0.25) is 5.91 Å². The zero-order chi connectivity index (χ0) is 11.6. The third-order valence-corrected chi connectivity index (χ3v) is 2.47. The number of carbonyl (C=O) groups excluding carboxylic acids is 1. The van der Waals surface area contributed by atoms with Crippen molar-refractivity contribution in [3.8, 4) is 0 Å². The predicted octanol–water partition coefficient (Wildman–Crippen LogP) is 1.68. The Labute approximate surface area is 88.8 Å². The van der Waals surface area contributed by atoms with E-state index in [0.29, 0.717) is 18.5 Å². The first-order chi connectivity index (χ1) is 6.93. The molecule has 0 fully saturated rings. The summed E-state index contributed by atoms with van der Waals surface area (Å²) in [7, 11) is 1.73. The number of hydrogen-bond donors (Lipinski definition) is 2. The fraction of sp³-hybridized carbons (Fsp3) is 0.364. The first kappa shape index (κ1) is 11.4. The molecule has 1 aliphatic rings.